The fourth-order valence-electron chi connectivity index (χ4n) is 4.68. The minimum Gasteiger partial charge on any atom is -0.360 e. The Bertz CT molecular complexity index is 1780. The van der Waals surface area contributed by atoms with E-state index in [0.717, 1.165) is 43.8 Å². The van der Waals surface area contributed by atoms with Crippen molar-refractivity contribution in [3.8, 4) is 16.8 Å². The van der Waals surface area contributed by atoms with Gasteiger partial charge >= 0.3 is 0 Å². The molecule has 3 aromatic carbocycles. The van der Waals surface area contributed by atoms with Gasteiger partial charge in [0.15, 0.2) is 5.82 Å². The number of thiazole rings is 1. The van der Waals surface area contributed by atoms with Crippen LogP contribution in [-0.4, -0.2) is 19.5 Å². The number of rotatable bonds is 6. The largest absolute Gasteiger partial charge is 0.360 e. The Morgan fingerprint density at radius 3 is 2.57 bits per heavy atom. The van der Waals surface area contributed by atoms with Gasteiger partial charge in [-0.05, 0) is 47.2 Å². The van der Waals surface area contributed by atoms with Crippen molar-refractivity contribution in [2.75, 3.05) is 5.32 Å². The second-order valence-electron chi connectivity index (χ2n) is 8.81. The number of aromatic nitrogens is 4. The van der Waals surface area contributed by atoms with E-state index in [0.29, 0.717) is 17.7 Å². The molecule has 0 saturated heterocycles. The van der Waals surface area contributed by atoms with Gasteiger partial charge in [0, 0.05) is 17.9 Å². The monoisotopic (exact) mass is 504 g/mol. The maximum absolute atomic E-state index is 14.3. The van der Waals surface area contributed by atoms with E-state index in [1.54, 1.807) is 10.1 Å². The topological polar surface area (TPSA) is 98.7 Å². The summed E-state index contributed by atoms with van der Waals surface area (Å²) in [5.74, 6) is 0.639. The first-order valence-electron chi connectivity index (χ1n) is 12.0. The van der Waals surface area contributed by atoms with Crippen molar-refractivity contribution in [1.29, 1.82) is 0 Å². The highest BCUT2D eigenvalue weighted by Crippen LogP contribution is 2.31. The number of fused-ring (bicyclic) bond motifs is 2. The lowest BCUT2D eigenvalue weighted by molar-refractivity contribution is 0.774. The number of nitrogens with two attached hydrogens (primary N) is 1. The van der Waals surface area contributed by atoms with Crippen LogP contribution < -0.4 is 16.6 Å². The van der Waals surface area contributed by atoms with Gasteiger partial charge in [-0.1, -0.05) is 60.7 Å². The molecular weight excluding hydrogens is 480 g/mol. The normalized spacial score (nSPS) is 12.2. The number of anilines is 1. The first kappa shape index (κ1) is 23.0. The zero-order valence-electron chi connectivity index (χ0n) is 20.1. The number of para-hydroxylation sites is 1. The molecule has 0 aliphatic heterocycles. The van der Waals surface area contributed by atoms with Crippen molar-refractivity contribution in [1.82, 2.24) is 19.5 Å². The van der Waals surface area contributed by atoms with Gasteiger partial charge in [-0.25, -0.2) is 15.0 Å². The molecular formula is C29H24N6OS. The minimum atomic E-state index is -0.246. The number of pyridine rings is 1. The molecule has 6 aromatic rings. The van der Waals surface area contributed by atoms with E-state index >= 15 is 0 Å². The first-order chi connectivity index (χ1) is 18.1. The fourth-order valence-corrected chi connectivity index (χ4v) is 5.31. The highest BCUT2D eigenvalue weighted by atomic mass is 32.1. The molecule has 0 amide bonds. The van der Waals surface area contributed by atoms with Crippen LogP contribution in [-0.2, 0) is 6.54 Å². The van der Waals surface area contributed by atoms with Crippen LogP contribution in [0.2, 0.25) is 0 Å². The van der Waals surface area contributed by atoms with Gasteiger partial charge in [0.25, 0.3) is 5.56 Å². The molecule has 1 atom stereocenters. The molecule has 0 radical (unpaired) electrons. The number of benzene rings is 3. The number of hydrogen-bond donors (Lipinski definition) is 2. The van der Waals surface area contributed by atoms with Gasteiger partial charge in [-0.3, -0.25) is 9.36 Å². The van der Waals surface area contributed by atoms with Crippen LogP contribution >= 0.6 is 11.3 Å². The highest BCUT2D eigenvalue weighted by Gasteiger charge is 2.20. The Morgan fingerprint density at radius 1 is 0.973 bits per heavy atom. The van der Waals surface area contributed by atoms with Crippen molar-refractivity contribution in [3.63, 3.8) is 0 Å². The Hall–Kier alpha value is -4.40. The molecule has 0 saturated carbocycles. The van der Waals surface area contributed by atoms with Crippen molar-refractivity contribution in [3.05, 3.63) is 112 Å². The van der Waals surface area contributed by atoms with Crippen molar-refractivity contribution in [2.45, 2.75) is 19.5 Å². The van der Waals surface area contributed by atoms with E-state index in [-0.39, 0.29) is 11.6 Å². The molecule has 182 valence electrons. The number of nitrogens with zero attached hydrogens (tertiary/aromatic N) is 4. The van der Waals surface area contributed by atoms with Crippen LogP contribution in [0.3, 0.4) is 0 Å². The lowest BCUT2D eigenvalue weighted by Crippen LogP contribution is -2.26. The van der Waals surface area contributed by atoms with Gasteiger partial charge in [0.05, 0.1) is 16.9 Å². The SMILES string of the molecule is CC(Nc1ncnc2scnc12)c1cc2cccc(-c3ccc(CN)cc3)c2c(=O)n1-c1ccccc1. The predicted molar refractivity (Wildman–Crippen MR) is 150 cm³/mol. The maximum atomic E-state index is 14.3. The van der Waals surface area contributed by atoms with E-state index in [4.69, 9.17) is 5.73 Å². The van der Waals surface area contributed by atoms with Crippen LogP contribution in [0.4, 0.5) is 5.82 Å². The minimum absolute atomic E-state index is 0.0765. The molecule has 6 rings (SSSR count). The van der Waals surface area contributed by atoms with Gasteiger partial charge in [-0.2, -0.15) is 0 Å². The van der Waals surface area contributed by atoms with E-state index in [9.17, 15) is 4.79 Å². The van der Waals surface area contributed by atoms with Crippen LogP contribution in [0.25, 0.3) is 37.9 Å². The molecule has 0 aliphatic rings. The third-order valence-electron chi connectivity index (χ3n) is 6.52. The quantitative estimate of drug-likeness (QED) is 0.302. The summed E-state index contributed by atoms with van der Waals surface area (Å²) in [6, 6.07) is 25.6. The molecule has 3 N–H and O–H groups in total. The third-order valence-corrected chi connectivity index (χ3v) is 7.25. The number of hydrogen-bond acceptors (Lipinski definition) is 7. The zero-order valence-corrected chi connectivity index (χ0v) is 20.9. The lowest BCUT2D eigenvalue weighted by Gasteiger charge is -2.22. The molecule has 3 heterocycles. The Kier molecular flexibility index (Phi) is 5.96. The summed E-state index contributed by atoms with van der Waals surface area (Å²) in [6.07, 6.45) is 1.53. The van der Waals surface area contributed by atoms with E-state index < -0.39 is 0 Å². The second kappa shape index (κ2) is 9.57. The molecule has 0 bridgehead atoms. The average molecular weight is 505 g/mol. The average Bonchev–Trinajstić information content (AvgIpc) is 3.43. The van der Waals surface area contributed by atoms with Crippen LogP contribution in [0.15, 0.2) is 95.5 Å². The highest BCUT2D eigenvalue weighted by molar-refractivity contribution is 7.16. The van der Waals surface area contributed by atoms with Gasteiger partial charge in [-0.15, -0.1) is 11.3 Å². The molecule has 8 heteroatoms. The molecule has 1 unspecified atom stereocenters. The molecule has 0 spiro atoms. The lowest BCUT2D eigenvalue weighted by atomic mass is 9.97. The summed E-state index contributed by atoms with van der Waals surface area (Å²) < 4.78 is 1.79. The van der Waals surface area contributed by atoms with Gasteiger partial charge < -0.3 is 11.1 Å². The summed E-state index contributed by atoms with van der Waals surface area (Å²) in [5, 5.41) is 5.02. The standard InChI is InChI=1S/C29H24N6OS/c1-18(34-27-26-28(32-16-31-27)37-17-33-26)24-14-21-6-5-9-23(20-12-10-19(15-30)11-13-20)25(21)29(36)35(24)22-7-3-2-4-8-22/h2-14,16-18H,15,30H2,1H3,(H,31,32,34). The second-order valence-corrected chi connectivity index (χ2v) is 9.64. The van der Waals surface area contributed by atoms with E-state index in [2.05, 4.69) is 26.3 Å². The Labute approximate surface area is 217 Å². The maximum Gasteiger partial charge on any atom is 0.263 e. The van der Waals surface area contributed by atoms with Crippen molar-refractivity contribution in [2.24, 2.45) is 5.73 Å². The first-order valence-corrected chi connectivity index (χ1v) is 12.9. The summed E-state index contributed by atoms with van der Waals surface area (Å²) in [4.78, 5) is 28.2. The molecule has 7 nitrogen and oxygen atoms in total. The third kappa shape index (κ3) is 4.16. The number of nitrogens with one attached hydrogen (secondary N) is 1. The van der Waals surface area contributed by atoms with Crippen molar-refractivity contribution >= 4 is 38.3 Å². The summed E-state index contributed by atoms with van der Waals surface area (Å²) in [7, 11) is 0. The summed E-state index contributed by atoms with van der Waals surface area (Å²) in [5.41, 5.74) is 12.7. The summed E-state index contributed by atoms with van der Waals surface area (Å²) >= 11 is 1.47. The fraction of sp³-hybridized carbons (Fsp3) is 0.103. The molecule has 0 fully saturated rings. The molecule has 37 heavy (non-hydrogen) atoms. The van der Waals surface area contributed by atoms with Crippen LogP contribution in [0, 0.1) is 0 Å². The van der Waals surface area contributed by atoms with E-state index in [1.807, 2.05) is 79.7 Å². The van der Waals surface area contributed by atoms with E-state index in [1.165, 1.54) is 17.7 Å². The summed E-state index contributed by atoms with van der Waals surface area (Å²) in [6.45, 7) is 2.50. The van der Waals surface area contributed by atoms with Gasteiger partial charge in [0.1, 0.15) is 16.7 Å². The van der Waals surface area contributed by atoms with Crippen molar-refractivity contribution < 1.29 is 0 Å². The Morgan fingerprint density at radius 2 is 1.78 bits per heavy atom. The molecule has 0 aliphatic carbocycles. The molecule has 3 aromatic heterocycles. The smallest absolute Gasteiger partial charge is 0.263 e. The predicted octanol–water partition coefficient (Wildman–Crippen LogP) is 5.69. The van der Waals surface area contributed by atoms with Crippen LogP contribution in [0.1, 0.15) is 24.2 Å². The Balaban J connectivity index is 1.55. The van der Waals surface area contributed by atoms with Gasteiger partial charge in [0.2, 0.25) is 0 Å². The zero-order chi connectivity index (χ0) is 25.4. The van der Waals surface area contributed by atoms with Crippen LogP contribution in [0.5, 0.6) is 0 Å².